The summed E-state index contributed by atoms with van der Waals surface area (Å²) < 4.78 is 1.15. The van der Waals surface area contributed by atoms with Gasteiger partial charge in [-0.25, -0.2) is 9.67 Å². The molecule has 3 aromatic rings. The molecule has 0 saturated heterocycles. The molecule has 0 fully saturated rings. The lowest BCUT2D eigenvalue weighted by atomic mass is 10.3. The van der Waals surface area contributed by atoms with Crippen LogP contribution in [0.15, 0.2) is 34.4 Å². The Morgan fingerprint density at radius 1 is 1.25 bits per heavy atom. The summed E-state index contributed by atoms with van der Waals surface area (Å²) in [6, 6.07) is 5.98. The largest absolute Gasteiger partial charge is 0.344 e. The maximum absolute atomic E-state index is 12.7. The van der Waals surface area contributed by atoms with Gasteiger partial charge in [-0.05, 0) is 31.4 Å². The van der Waals surface area contributed by atoms with Crippen LogP contribution in [0, 0.1) is 6.92 Å². The Morgan fingerprint density at radius 2 is 2.00 bits per heavy atom. The van der Waals surface area contributed by atoms with E-state index in [1.54, 1.807) is 34.0 Å². The van der Waals surface area contributed by atoms with Gasteiger partial charge in [0, 0.05) is 20.2 Å². The Kier molecular flexibility index (Phi) is 5.71. The average Bonchev–Trinajstić information content (AvgIpc) is 3.30. The molecule has 1 atom stereocenters. The van der Waals surface area contributed by atoms with Gasteiger partial charge in [-0.2, -0.15) is 5.10 Å². The zero-order valence-electron chi connectivity index (χ0n) is 15.8. The second-order valence-electron chi connectivity index (χ2n) is 6.28. The van der Waals surface area contributed by atoms with E-state index in [0.717, 1.165) is 20.9 Å². The van der Waals surface area contributed by atoms with Gasteiger partial charge in [-0.15, -0.1) is 11.3 Å². The Bertz CT molecular complexity index is 1070. The standard InChI is InChI=1S/C18H19N5O3S2/c1-10-15(17(26)22(3)4)28-18(19-10)20-16(25)11(2)23-14(24)8-7-12(21-23)13-6-5-9-27-13/h5-9,11H,1-4H3,(H,19,20,25). The monoisotopic (exact) mass is 417 g/mol. The predicted molar refractivity (Wildman–Crippen MR) is 110 cm³/mol. The lowest BCUT2D eigenvalue weighted by Crippen LogP contribution is -2.33. The fourth-order valence-corrected chi connectivity index (χ4v) is 4.11. The Balaban J connectivity index is 1.82. The lowest BCUT2D eigenvalue weighted by molar-refractivity contribution is -0.119. The zero-order valence-corrected chi connectivity index (χ0v) is 17.4. The molecule has 28 heavy (non-hydrogen) atoms. The molecule has 8 nitrogen and oxygen atoms in total. The number of nitrogens with one attached hydrogen (secondary N) is 1. The summed E-state index contributed by atoms with van der Waals surface area (Å²) in [6.07, 6.45) is 0. The summed E-state index contributed by atoms with van der Waals surface area (Å²) in [5.41, 5.74) is 0.793. The molecule has 10 heteroatoms. The van der Waals surface area contributed by atoms with E-state index in [4.69, 9.17) is 0 Å². The van der Waals surface area contributed by atoms with Gasteiger partial charge in [0.05, 0.1) is 10.6 Å². The Hall–Kier alpha value is -2.85. The minimum Gasteiger partial charge on any atom is -0.344 e. The number of thiophene rings is 1. The van der Waals surface area contributed by atoms with Crippen LogP contribution in [-0.4, -0.2) is 45.6 Å². The van der Waals surface area contributed by atoms with Gasteiger partial charge in [0.1, 0.15) is 16.6 Å². The Labute approximate surface area is 169 Å². The van der Waals surface area contributed by atoms with E-state index in [9.17, 15) is 14.4 Å². The highest BCUT2D eigenvalue weighted by Gasteiger charge is 2.22. The molecule has 0 aromatic carbocycles. The van der Waals surface area contributed by atoms with Crippen LogP contribution in [0.2, 0.25) is 0 Å². The van der Waals surface area contributed by atoms with Gasteiger partial charge < -0.3 is 10.2 Å². The summed E-state index contributed by atoms with van der Waals surface area (Å²) in [5, 5.41) is 9.23. The van der Waals surface area contributed by atoms with Crippen LogP contribution in [0.4, 0.5) is 5.13 Å². The topological polar surface area (TPSA) is 97.2 Å². The average molecular weight is 418 g/mol. The molecule has 1 unspecified atom stereocenters. The molecule has 3 heterocycles. The third-order valence-corrected chi connectivity index (χ3v) is 5.93. The summed E-state index contributed by atoms with van der Waals surface area (Å²) >= 11 is 2.60. The number of anilines is 1. The number of hydrogen-bond acceptors (Lipinski definition) is 7. The number of amides is 2. The van der Waals surface area contributed by atoms with Crippen LogP contribution in [0.5, 0.6) is 0 Å². The maximum Gasteiger partial charge on any atom is 0.267 e. The van der Waals surface area contributed by atoms with Crippen molar-refractivity contribution >= 4 is 39.6 Å². The quantitative estimate of drug-likeness (QED) is 0.688. The summed E-state index contributed by atoms with van der Waals surface area (Å²) in [7, 11) is 3.31. The van der Waals surface area contributed by atoms with E-state index < -0.39 is 11.9 Å². The molecule has 1 N–H and O–H groups in total. The first-order chi connectivity index (χ1) is 13.3. The van der Waals surface area contributed by atoms with Crippen molar-refractivity contribution in [2.45, 2.75) is 19.9 Å². The van der Waals surface area contributed by atoms with Crippen molar-refractivity contribution in [1.82, 2.24) is 19.7 Å². The van der Waals surface area contributed by atoms with Gasteiger partial charge in [0.25, 0.3) is 17.4 Å². The van der Waals surface area contributed by atoms with Gasteiger partial charge >= 0.3 is 0 Å². The molecular formula is C18H19N5O3S2. The van der Waals surface area contributed by atoms with Crippen LogP contribution in [-0.2, 0) is 4.79 Å². The minimum absolute atomic E-state index is 0.176. The van der Waals surface area contributed by atoms with Crippen molar-refractivity contribution in [3.05, 3.63) is 50.6 Å². The maximum atomic E-state index is 12.7. The second kappa shape index (κ2) is 8.03. The highest BCUT2D eigenvalue weighted by atomic mass is 32.1. The van der Waals surface area contributed by atoms with Crippen molar-refractivity contribution in [2.24, 2.45) is 0 Å². The van der Waals surface area contributed by atoms with E-state index in [-0.39, 0.29) is 11.5 Å². The van der Waals surface area contributed by atoms with Gasteiger partial charge in [0.15, 0.2) is 5.13 Å². The number of nitrogens with zero attached hydrogens (tertiary/aromatic N) is 4. The molecule has 0 saturated carbocycles. The molecule has 2 amide bonds. The van der Waals surface area contributed by atoms with E-state index >= 15 is 0 Å². The van der Waals surface area contributed by atoms with E-state index in [1.165, 1.54) is 22.3 Å². The number of aryl methyl sites for hydroxylation is 1. The molecule has 3 rings (SSSR count). The molecule has 0 radical (unpaired) electrons. The normalized spacial score (nSPS) is 11.9. The molecule has 0 bridgehead atoms. The highest BCUT2D eigenvalue weighted by Crippen LogP contribution is 2.25. The first-order valence-electron chi connectivity index (χ1n) is 8.41. The van der Waals surface area contributed by atoms with Gasteiger partial charge in [-0.3, -0.25) is 14.4 Å². The number of aromatic nitrogens is 3. The number of thiazole rings is 1. The minimum atomic E-state index is -0.843. The van der Waals surface area contributed by atoms with Crippen molar-refractivity contribution < 1.29 is 9.59 Å². The van der Waals surface area contributed by atoms with Gasteiger partial charge in [-0.1, -0.05) is 17.4 Å². The molecule has 3 aromatic heterocycles. The van der Waals surface area contributed by atoms with E-state index in [2.05, 4.69) is 15.4 Å². The molecule has 0 aliphatic heterocycles. The van der Waals surface area contributed by atoms with Crippen LogP contribution in [0.1, 0.15) is 28.3 Å². The smallest absolute Gasteiger partial charge is 0.267 e. The molecule has 146 valence electrons. The molecule has 0 aliphatic carbocycles. The fourth-order valence-electron chi connectivity index (χ4n) is 2.43. The molecule has 0 aliphatic rings. The van der Waals surface area contributed by atoms with Crippen LogP contribution in [0.3, 0.4) is 0 Å². The first-order valence-corrected chi connectivity index (χ1v) is 10.1. The third kappa shape index (κ3) is 4.02. The number of rotatable bonds is 5. The van der Waals surface area contributed by atoms with Crippen LogP contribution < -0.4 is 10.9 Å². The predicted octanol–water partition coefficient (Wildman–Crippen LogP) is 2.64. The van der Waals surface area contributed by atoms with Crippen LogP contribution >= 0.6 is 22.7 Å². The van der Waals surface area contributed by atoms with E-state index in [1.807, 2.05) is 17.5 Å². The van der Waals surface area contributed by atoms with Crippen molar-refractivity contribution in [1.29, 1.82) is 0 Å². The SMILES string of the molecule is Cc1nc(NC(=O)C(C)n2nc(-c3cccs3)ccc2=O)sc1C(=O)N(C)C. The van der Waals surface area contributed by atoms with Crippen LogP contribution in [0.25, 0.3) is 10.6 Å². The molecule has 0 spiro atoms. The first kappa shape index (κ1) is 19.9. The summed E-state index contributed by atoms with van der Waals surface area (Å²) in [4.78, 5) is 44.1. The third-order valence-electron chi connectivity index (χ3n) is 3.97. The van der Waals surface area contributed by atoms with Gasteiger partial charge in [0.2, 0.25) is 0 Å². The summed E-state index contributed by atoms with van der Waals surface area (Å²) in [5.74, 6) is -0.611. The number of hydrogen-bond donors (Lipinski definition) is 1. The Morgan fingerprint density at radius 3 is 2.64 bits per heavy atom. The van der Waals surface area contributed by atoms with Crippen molar-refractivity contribution in [2.75, 3.05) is 19.4 Å². The number of carbonyl (C=O) groups is 2. The van der Waals surface area contributed by atoms with Crippen molar-refractivity contribution in [3.8, 4) is 10.6 Å². The zero-order chi connectivity index (χ0) is 20.4. The van der Waals surface area contributed by atoms with E-state index in [0.29, 0.717) is 21.4 Å². The summed E-state index contributed by atoms with van der Waals surface area (Å²) in [6.45, 7) is 3.30. The fraction of sp³-hybridized carbons (Fsp3) is 0.278. The second-order valence-corrected chi connectivity index (χ2v) is 8.22. The lowest BCUT2D eigenvalue weighted by Gasteiger charge is -2.13. The molecular weight excluding hydrogens is 398 g/mol. The van der Waals surface area contributed by atoms with Crippen molar-refractivity contribution in [3.63, 3.8) is 0 Å². The highest BCUT2D eigenvalue weighted by molar-refractivity contribution is 7.17. The number of carbonyl (C=O) groups excluding carboxylic acids is 2.